The number of hydrogen-bond donors (Lipinski definition) is 2. The molecule has 2 N–H and O–H groups in total. The molecule has 0 spiro atoms. The highest BCUT2D eigenvalue weighted by atomic mass is 16.6. The Hall–Kier alpha value is -5.16. The van der Waals surface area contributed by atoms with Gasteiger partial charge in [0.15, 0.2) is 23.0 Å². The molecule has 5 aromatic rings. The quantitative estimate of drug-likeness (QED) is 0.180. The summed E-state index contributed by atoms with van der Waals surface area (Å²) < 4.78 is 18.4. The van der Waals surface area contributed by atoms with Crippen molar-refractivity contribution < 1.29 is 14.2 Å². The van der Waals surface area contributed by atoms with Gasteiger partial charge in [-0.3, -0.25) is 10.8 Å². The van der Waals surface area contributed by atoms with E-state index in [0.717, 1.165) is 11.1 Å². The predicted molar refractivity (Wildman–Crippen MR) is 157 cm³/mol. The molecule has 194 valence electrons. The van der Waals surface area contributed by atoms with Crippen LogP contribution in [0.4, 0.5) is 0 Å². The molecule has 7 rings (SSSR count). The Morgan fingerprint density at radius 2 is 1.23 bits per heavy atom. The molecule has 0 bridgehead atoms. The van der Waals surface area contributed by atoms with Gasteiger partial charge in [-0.25, -0.2) is 0 Å². The van der Waals surface area contributed by atoms with Crippen LogP contribution in [-0.2, 0) is 10.2 Å². The van der Waals surface area contributed by atoms with Gasteiger partial charge >= 0.3 is 0 Å². The van der Waals surface area contributed by atoms with E-state index in [9.17, 15) is 0 Å². The van der Waals surface area contributed by atoms with Gasteiger partial charge in [-0.05, 0) is 75.8 Å². The lowest BCUT2D eigenvalue weighted by Gasteiger charge is -2.25. The van der Waals surface area contributed by atoms with Crippen LogP contribution in [0.1, 0.15) is 36.1 Å². The fraction of sp³-hybridized carbons (Fsp3) is 0.0857. The van der Waals surface area contributed by atoms with E-state index in [1.165, 1.54) is 22.3 Å². The maximum atomic E-state index is 8.63. The molecule has 0 radical (unpaired) electrons. The number of hydrogen-bond acceptors (Lipinski definition) is 5. The molecule has 0 unspecified atom stereocenters. The predicted octanol–water partition coefficient (Wildman–Crippen LogP) is 8.93. The van der Waals surface area contributed by atoms with Crippen LogP contribution in [0.2, 0.25) is 0 Å². The number of fused-ring (bicyclic) bond motifs is 5. The third-order valence-electron chi connectivity index (χ3n) is 7.75. The molecule has 0 saturated heterocycles. The Labute approximate surface area is 232 Å². The largest absolute Gasteiger partial charge is 0.449 e. The Morgan fingerprint density at radius 3 is 2.05 bits per heavy atom. The minimum absolute atomic E-state index is 0.0724. The molecule has 0 saturated carbocycles. The minimum atomic E-state index is -0.140. The first-order valence-electron chi connectivity index (χ1n) is 13.2. The highest BCUT2D eigenvalue weighted by molar-refractivity contribution is 6.07. The van der Waals surface area contributed by atoms with Crippen LogP contribution in [0.5, 0.6) is 23.0 Å². The summed E-state index contributed by atoms with van der Waals surface area (Å²) in [6, 6.07) is 35.2. The van der Waals surface area contributed by atoms with Crippen molar-refractivity contribution in [2.75, 3.05) is 0 Å². The number of rotatable bonds is 3. The lowest BCUT2D eigenvalue weighted by molar-refractivity contribution is 0.359. The van der Waals surface area contributed by atoms with Crippen molar-refractivity contribution in [3.63, 3.8) is 0 Å². The standard InChI is InChI=1S/C35H26N2O3/c1-35(2)27-15-9-8-13-24(27)26-19-31-32(20-28(26)35)39-30-18-22(16-17-29(30)38-31)23-12-6-7-14-25(23)34(37)40-33(36)21-10-4-3-5-11-21/h3-20,36-37H,1-2H3. The van der Waals surface area contributed by atoms with E-state index >= 15 is 0 Å². The lowest BCUT2D eigenvalue weighted by Crippen LogP contribution is -2.15. The highest BCUT2D eigenvalue weighted by Gasteiger charge is 2.37. The molecule has 5 nitrogen and oxygen atoms in total. The third-order valence-corrected chi connectivity index (χ3v) is 7.75. The van der Waals surface area contributed by atoms with Crippen molar-refractivity contribution in [3.8, 4) is 45.3 Å². The van der Waals surface area contributed by atoms with Gasteiger partial charge in [-0.15, -0.1) is 0 Å². The first-order valence-corrected chi connectivity index (χ1v) is 13.2. The smallest absolute Gasteiger partial charge is 0.221 e. The molecule has 2 aliphatic rings. The van der Waals surface area contributed by atoms with Crippen molar-refractivity contribution in [3.05, 3.63) is 131 Å². The second kappa shape index (κ2) is 8.95. The van der Waals surface area contributed by atoms with Crippen molar-refractivity contribution in [2.45, 2.75) is 19.3 Å². The fourth-order valence-electron chi connectivity index (χ4n) is 5.68. The summed E-state index contributed by atoms with van der Waals surface area (Å²) in [4.78, 5) is 0. The van der Waals surface area contributed by atoms with Crippen LogP contribution >= 0.6 is 0 Å². The van der Waals surface area contributed by atoms with Crippen LogP contribution in [0.25, 0.3) is 22.3 Å². The molecule has 40 heavy (non-hydrogen) atoms. The zero-order valence-electron chi connectivity index (χ0n) is 22.1. The summed E-state index contributed by atoms with van der Waals surface area (Å²) in [7, 11) is 0. The Bertz CT molecular complexity index is 1840. The van der Waals surface area contributed by atoms with Gasteiger partial charge in [-0.1, -0.05) is 80.6 Å². The summed E-state index contributed by atoms with van der Waals surface area (Å²) in [5.74, 6) is 2.46. The summed E-state index contributed by atoms with van der Waals surface area (Å²) in [6.45, 7) is 4.48. The van der Waals surface area contributed by atoms with E-state index in [-0.39, 0.29) is 17.2 Å². The SMILES string of the molecule is CC1(C)c2ccccc2-c2cc3c(cc21)Oc1cc(-c2ccccc2C(=N)OC(=N)c2ccccc2)ccc1O3. The molecule has 0 amide bonds. The van der Waals surface area contributed by atoms with Crippen LogP contribution in [0, 0.1) is 10.8 Å². The van der Waals surface area contributed by atoms with Crippen molar-refractivity contribution >= 4 is 11.8 Å². The van der Waals surface area contributed by atoms with E-state index in [2.05, 4.69) is 50.2 Å². The van der Waals surface area contributed by atoms with E-state index in [1.807, 2.05) is 60.7 Å². The van der Waals surface area contributed by atoms with Gasteiger partial charge in [0.05, 0.1) is 0 Å². The second-order valence-electron chi connectivity index (χ2n) is 10.6. The summed E-state index contributed by atoms with van der Waals surface area (Å²) >= 11 is 0. The first kappa shape index (κ1) is 23.9. The highest BCUT2D eigenvalue weighted by Crippen LogP contribution is 2.55. The molecular weight excluding hydrogens is 496 g/mol. The fourth-order valence-corrected chi connectivity index (χ4v) is 5.68. The van der Waals surface area contributed by atoms with Gasteiger partial charge in [-0.2, -0.15) is 0 Å². The number of benzene rings is 5. The molecule has 0 fully saturated rings. The van der Waals surface area contributed by atoms with Gasteiger partial charge in [0.2, 0.25) is 11.8 Å². The van der Waals surface area contributed by atoms with Crippen LogP contribution in [-0.4, -0.2) is 11.8 Å². The van der Waals surface area contributed by atoms with Crippen molar-refractivity contribution in [2.24, 2.45) is 0 Å². The van der Waals surface area contributed by atoms with E-state index in [4.69, 9.17) is 25.0 Å². The molecule has 5 heteroatoms. The van der Waals surface area contributed by atoms with Gasteiger partial charge in [0.1, 0.15) is 0 Å². The topological polar surface area (TPSA) is 75.4 Å². The molecule has 1 aliphatic carbocycles. The normalized spacial score (nSPS) is 13.6. The molecule has 1 heterocycles. The zero-order chi connectivity index (χ0) is 27.4. The third kappa shape index (κ3) is 3.78. The van der Waals surface area contributed by atoms with Crippen LogP contribution in [0.15, 0.2) is 109 Å². The van der Waals surface area contributed by atoms with Crippen molar-refractivity contribution in [1.82, 2.24) is 0 Å². The minimum Gasteiger partial charge on any atom is -0.449 e. The monoisotopic (exact) mass is 522 g/mol. The van der Waals surface area contributed by atoms with Crippen LogP contribution in [0.3, 0.4) is 0 Å². The Morgan fingerprint density at radius 1 is 0.575 bits per heavy atom. The lowest BCUT2D eigenvalue weighted by atomic mass is 9.82. The summed E-state index contributed by atoms with van der Waals surface area (Å²) in [5.41, 5.74) is 7.64. The molecule has 5 aromatic carbocycles. The molecule has 0 aromatic heterocycles. The first-order chi connectivity index (χ1) is 19.4. The average Bonchev–Trinajstić information content (AvgIpc) is 3.20. The Balaban J connectivity index is 1.21. The molecule has 0 atom stereocenters. The second-order valence-corrected chi connectivity index (χ2v) is 10.6. The maximum Gasteiger partial charge on any atom is 0.221 e. The summed E-state index contributed by atoms with van der Waals surface area (Å²) in [6.07, 6.45) is 0. The number of ether oxygens (including phenoxy) is 3. The van der Waals surface area contributed by atoms with E-state index in [0.29, 0.717) is 34.1 Å². The van der Waals surface area contributed by atoms with E-state index < -0.39 is 0 Å². The number of nitrogens with one attached hydrogen (secondary N) is 2. The summed E-state index contributed by atoms with van der Waals surface area (Å²) in [5, 5.41) is 16.9. The maximum absolute atomic E-state index is 8.63. The van der Waals surface area contributed by atoms with Crippen molar-refractivity contribution in [1.29, 1.82) is 10.8 Å². The molecular formula is C35H26N2O3. The Kier molecular flexibility index (Phi) is 5.35. The van der Waals surface area contributed by atoms with Gasteiger partial charge in [0.25, 0.3) is 0 Å². The van der Waals surface area contributed by atoms with Crippen LogP contribution < -0.4 is 9.47 Å². The molecule has 1 aliphatic heterocycles. The zero-order valence-corrected chi connectivity index (χ0v) is 22.1. The van der Waals surface area contributed by atoms with Gasteiger partial charge in [0, 0.05) is 16.5 Å². The van der Waals surface area contributed by atoms with E-state index in [1.54, 1.807) is 12.1 Å². The van der Waals surface area contributed by atoms with Gasteiger partial charge < -0.3 is 14.2 Å². The average molecular weight is 523 g/mol.